The monoisotopic (exact) mass is 313 g/mol. The molecule has 1 amide bonds. The Labute approximate surface area is 136 Å². The van der Waals surface area contributed by atoms with Gasteiger partial charge in [-0.05, 0) is 49.4 Å². The molecule has 3 rings (SSSR count). The molecule has 1 aliphatic carbocycles. The van der Waals surface area contributed by atoms with Crippen molar-refractivity contribution in [3.05, 3.63) is 42.4 Å². The molecular weight excluding hydrogens is 290 g/mol. The molecule has 0 radical (unpaired) electrons. The molecule has 3 N–H and O–H groups in total. The fourth-order valence-corrected chi connectivity index (χ4v) is 3.23. The molecular formula is C17H23N5O. The lowest BCUT2D eigenvalue weighted by Gasteiger charge is -2.16. The van der Waals surface area contributed by atoms with E-state index >= 15 is 0 Å². The van der Waals surface area contributed by atoms with E-state index in [1.165, 1.54) is 5.56 Å². The molecule has 0 aromatic carbocycles. The zero-order valence-electron chi connectivity index (χ0n) is 13.2. The van der Waals surface area contributed by atoms with Gasteiger partial charge in [0.1, 0.15) is 0 Å². The summed E-state index contributed by atoms with van der Waals surface area (Å²) >= 11 is 0. The maximum Gasteiger partial charge on any atom is 0.229 e. The predicted octanol–water partition coefficient (Wildman–Crippen LogP) is 1.83. The van der Waals surface area contributed by atoms with Crippen molar-refractivity contribution >= 4 is 11.7 Å². The third kappa shape index (κ3) is 3.96. The van der Waals surface area contributed by atoms with Crippen LogP contribution in [0.2, 0.25) is 0 Å². The predicted molar refractivity (Wildman–Crippen MR) is 88.7 cm³/mol. The molecule has 6 heteroatoms. The normalized spacial score (nSPS) is 20.6. The molecule has 1 saturated carbocycles. The Bertz CT molecular complexity index is 639. The summed E-state index contributed by atoms with van der Waals surface area (Å²) in [6, 6.07) is 5.84. The highest BCUT2D eigenvalue weighted by Gasteiger charge is 2.32. The fraction of sp³-hybridized carbons (Fsp3) is 0.471. The van der Waals surface area contributed by atoms with Gasteiger partial charge in [0.15, 0.2) is 5.82 Å². The Balaban J connectivity index is 1.54. The average Bonchev–Trinajstić information content (AvgIpc) is 3.22. The number of nitrogens with two attached hydrogens (primary N) is 1. The van der Waals surface area contributed by atoms with Crippen molar-refractivity contribution in [3.63, 3.8) is 0 Å². The van der Waals surface area contributed by atoms with E-state index in [2.05, 4.69) is 15.4 Å². The molecule has 23 heavy (non-hydrogen) atoms. The van der Waals surface area contributed by atoms with E-state index in [9.17, 15) is 4.79 Å². The molecule has 122 valence electrons. The van der Waals surface area contributed by atoms with Crippen LogP contribution in [-0.2, 0) is 17.8 Å². The lowest BCUT2D eigenvalue weighted by molar-refractivity contribution is -0.120. The van der Waals surface area contributed by atoms with E-state index in [1.54, 1.807) is 12.4 Å². The molecule has 2 aromatic rings. The zero-order valence-corrected chi connectivity index (χ0v) is 13.2. The second kappa shape index (κ2) is 7.37. The van der Waals surface area contributed by atoms with Crippen LogP contribution in [0.5, 0.6) is 0 Å². The highest BCUT2D eigenvalue weighted by molar-refractivity contribution is 5.92. The number of nitrogens with one attached hydrogen (secondary N) is 1. The fourth-order valence-electron chi connectivity index (χ4n) is 3.23. The van der Waals surface area contributed by atoms with Crippen LogP contribution in [0, 0.1) is 11.8 Å². The van der Waals surface area contributed by atoms with Crippen LogP contribution in [0.15, 0.2) is 36.8 Å². The number of anilines is 1. The summed E-state index contributed by atoms with van der Waals surface area (Å²) in [6.45, 7) is 1.35. The maximum absolute atomic E-state index is 12.3. The number of aromatic nitrogens is 3. The van der Waals surface area contributed by atoms with E-state index in [0.29, 0.717) is 18.3 Å². The van der Waals surface area contributed by atoms with Crippen molar-refractivity contribution in [2.45, 2.75) is 32.2 Å². The van der Waals surface area contributed by atoms with Gasteiger partial charge < -0.3 is 11.1 Å². The molecule has 2 heterocycles. The molecule has 2 aromatic heterocycles. The topological polar surface area (TPSA) is 85.8 Å². The largest absolute Gasteiger partial charge is 0.330 e. The minimum atomic E-state index is 0.0296. The molecule has 0 bridgehead atoms. The summed E-state index contributed by atoms with van der Waals surface area (Å²) in [6.07, 6.45) is 9.42. The molecule has 1 aliphatic rings. The van der Waals surface area contributed by atoms with Gasteiger partial charge >= 0.3 is 0 Å². The van der Waals surface area contributed by atoms with E-state index in [1.807, 2.05) is 29.1 Å². The van der Waals surface area contributed by atoms with Gasteiger partial charge in [-0.15, -0.1) is 0 Å². The SMILES string of the molecule is NC[C@H]1CCC[C@H]1C(=O)Nc1ccn(CCc2ccncc2)n1. The summed E-state index contributed by atoms with van der Waals surface area (Å²) in [7, 11) is 0. The lowest BCUT2D eigenvalue weighted by Crippen LogP contribution is -2.29. The molecule has 0 aliphatic heterocycles. The number of nitrogens with zero attached hydrogens (tertiary/aromatic N) is 3. The standard InChI is InChI=1S/C17H23N5O/c18-12-14-2-1-3-15(14)17(23)20-16-7-11-22(21-16)10-6-13-4-8-19-9-5-13/h4-5,7-9,11,14-15H,1-3,6,10,12,18H2,(H,20,21,23)/t14-,15-/m1/s1. The highest BCUT2D eigenvalue weighted by Crippen LogP contribution is 2.31. The van der Waals surface area contributed by atoms with E-state index in [4.69, 9.17) is 5.73 Å². The summed E-state index contributed by atoms with van der Waals surface area (Å²) in [5, 5.41) is 7.36. The van der Waals surface area contributed by atoms with Crippen molar-refractivity contribution in [3.8, 4) is 0 Å². The average molecular weight is 313 g/mol. The Morgan fingerprint density at radius 2 is 2.13 bits per heavy atom. The van der Waals surface area contributed by atoms with E-state index in [-0.39, 0.29) is 11.8 Å². The van der Waals surface area contributed by atoms with Crippen molar-refractivity contribution in [2.24, 2.45) is 17.6 Å². The number of hydrogen-bond donors (Lipinski definition) is 2. The molecule has 0 unspecified atom stereocenters. The third-order valence-corrected chi connectivity index (χ3v) is 4.57. The minimum Gasteiger partial charge on any atom is -0.330 e. The molecule has 6 nitrogen and oxygen atoms in total. The molecule has 2 atom stereocenters. The molecule has 0 spiro atoms. The first-order chi connectivity index (χ1) is 11.3. The first kappa shape index (κ1) is 15.7. The van der Waals surface area contributed by atoms with Crippen LogP contribution in [0.3, 0.4) is 0 Å². The van der Waals surface area contributed by atoms with Crippen LogP contribution >= 0.6 is 0 Å². The number of pyridine rings is 1. The van der Waals surface area contributed by atoms with Crippen LogP contribution in [0.25, 0.3) is 0 Å². The first-order valence-corrected chi connectivity index (χ1v) is 8.19. The van der Waals surface area contributed by atoms with Gasteiger partial charge in [-0.25, -0.2) is 0 Å². The number of aryl methyl sites for hydroxylation is 2. The van der Waals surface area contributed by atoms with Gasteiger partial charge in [0.25, 0.3) is 0 Å². The number of amides is 1. The van der Waals surface area contributed by atoms with Gasteiger partial charge in [-0.2, -0.15) is 5.10 Å². The van der Waals surface area contributed by atoms with Crippen LogP contribution in [0.4, 0.5) is 5.82 Å². The van der Waals surface area contributed by atoms with Gasteiger partial charge in [-0.1, -0.05) is 6.42 Å². The number of rotatable bonds is 6. The highest BCUT2D eigenvalue weighted by atomic mass is 16.2. The van der Waals surface area contributed by atoms with Gasteiger partial charge in [-0.3, -0.25) is 14.5 Å². The Kier molecular flexibility index (Phi) is 5.02. The lowest BCUT2D eigenvalue weighted by atomic mass is 9.95. The summed E-state index contributed by atoms with van der Waals surface area (Å²) in [5.41, 5.74) is 6.97. The smallest absolute Gasteiger partial charge is 0.229 e. The molecule has 1 fully saturated rings. The van der Waals surface area contributed by atoms with Crippen molar-refractivity contribution in [2.75, 3.05) is 11.9 Å². The van der Waals surface area contributed by atoms with Crippen LogP contribution < -0.4 is 11.1 Å². The second-order valence-electron chi connectivity index (χ2n) is 6.09. The summed E-state index contributed by atoms with van der Waals surface area (Å²) < 4.78 is 1.85. The van der Waals surface area contributed by atoms with Gasteiger partial charge in [0.2, 0.25) is 5.91 Å². The van der Waals surface area contributed by atoms with E-state index < -0.39 is 0 Å². The quantitative estimate of drug-likeness (QED) is 0.852. The Morgan fingerprint density at radius 1 is 1.30 bits per heavy atom. The number of hydrogen-bond acceptors (Lipinski definition) is 4. The maximum atomic E-state index is 12.3. The zero-order chi connectivity index (χ0) is 16.1. The Morgan fingerprint density at radius 3 is 2.91 bits per heavy atom. The number of carbonyl (C=O) groups excluding carboxylic acids is 1. The van der Waals surface area contributed by atoms with Crippen molar-refractivity contribution in [1.29, 1.82) is 0 Å². The van der Waals surface area contributed by atoms with Crippen molar-refractivity contribution in [1.82, 2.24) is 14.8 Å². The van der Waals surface area contributed by atoms with Crippen LogP contribution in [-0.4, -0.2) is 27.2 Å². The van der Waals surface area contributed by atoms with Crippen LogP contribution in [0.1, 0.15) is 24.8 Å². The number of carbonyl (C=O) groups is 1. The Hall–Kier alpha value is -2.21. The second-order valence-corrected chi connectivity index (χ2v) is 6.09. The minimum absolute atomic E-state index is 0.0296. The summed E-state index contributed by atoms with van der Waals surface area (Å²) in [5.74, 6) is 1.01. The van der Waals surface area contributed by atoms with E-state index in [0.717, 1.165) is 32.2 Å². The van der Waals surface area contributed by atoms with Gasteiger partial charge in [0, 0.05) is 37.1 Å². The molecule has 0 saturated heterocycles. The van der Waals surface area contributed by atoms with Crippen molar-refractivity contribution < 1.29 is 4.79 Å². The third-order valence-electron chi connectivity index (χ3n) is 4.57. The summed E-state index contributed by atoms with van der Waals surface area (Å²) in [4.78, 5) is 16.4. The van der Waals surface area contributed by atoms with Gasteiger partial charge in [0.05, 0.1) is 0 Å². The first-order valence-electron chi connectivity index (χ1n) is 8.19.